The molecule has 0 radical (unpaired) electrons. The van der Waals surface area contributed by atoms with E-state index in [0.717, 1.165) is 51.3 Å². The van der Waals surface area contributed by atoms with Crippen molar-refractivity contribution in [2.75, 3.05) is 37.6 Å². The summed E-state index contributed by atoms with van der Waals surface area (Å²) in [4.78, 5) is 4.54. The van der Waals surface area contributed by atoms with Gasteiger partial charge in [-0.15, -0.1) is 6.58 Å². The Hall–Kier alpha value is -1.39. The Balaban J connectivity index is 1.77. The highest BCUT2D eigenvalue weighted by Crippen LogP contribution is 2.17. The fraction of sp³-hybridized carbons (Fsp3) is 0.500. The van der Waals surface area contributed by atoms with E-state index in [0.29, 0.717) is 0 Å². The van der Waals surface area contributed by atoms with E-state index in [4.69, 9.17) is 0 Å². The Labute approximate surface area is 120 Å². The largest absolute Gasteiger partial charge is 0.392 e. The maximum Gasteiger partial charge on any atom is 0.123 e. The number of halogens is 1. The van der Waals surface area contributed by atoms with Crippen molar-refractivity contribution < 1.29 is 9.50 Å². The predicted octanol–water partition coefficient (Wildman–Crippen LogP) is 2.27. The molecule has 0 saturated carbocycles. The molecular weight excluding hydrogens is 255 g/mol. The molecule has 1 heterocycles. The SMILES string of the molecule is C=CCCC(O)CN1CCN(c2ccc(F)cc2)CC1. The summed E-state index contributed by atoms with van der Waals surface area (Å²) in [6.07, 6.45) is 3.21. The van der Waals surface area contributed by atoms with E-state index in [1.807, 2.05) is 18.2 Å². The van der Waals surface area contributed by atoms with Crippen molar-refractivity contribution in [3.8, 4) is 0 Å². The summed E-state index contributed by atoms with van der Waals surface area (Å²) in [5, 5.41) is 9.90. The van der Waals surface area contributed by atoms with Crippen LogP contribution in [0.5, 0.6) is 0 Å². The summed E-state index contributed by atoms with van der Waals surface area (Å²) in [5.41, 5.74) is 1.07. The molecule has 0 spiro atoms. The fourth-order valence-electron chi connectivity index (χ4n) is 2.54. The van der Waals surface area contributed by atoms with Crippen LogP contribution >= 0.6 is 0 Å². The Morgan fingerprint density at radius 2 is 1.85 bits per heavy atom. The highest BCUT2D eigenvalue weighted by Gasteiger charge is 2.19. The lowest BCUT2D eigenvalue weighted by molar-refractivity contribution is 0.103. The molecule has 1 aromatic rings. The van der Waals surface area contributed by atoms with Crippen LogP contribution in [0.4, 0.5) is 10.1 Å². The summed E-state index contributed by atoms with van der Waals surface area (Å²) in [7, 11) is 0. The smallest absolute Gasteiger partial charge is 0.123 e. The van der Waals surface area contributed by atoms with Crippen LogP contribution < -0.4 is 4.90 Å². The van der Waals surface area contributed by atoms with Gasteiger partial charge >= 0.3 is 0 Å². The normalized spacial score (nSPS) is 18.0. The quantitative estimate of drug-likeness (QED) is 0.809. The molecule has 2 rings (SSSR count). The highest BCUT2D eigenvalue weighted by molar-refractivity contribution is 5.46. The van der Waals surface area contributed by atoms with E-state index < -0.39 is 0 Å². The van der Waals surface area contributed by atoms with E-state index in [2.05, 4.69) is 16.4 Å². The first kappa shape index (κ1) is 15.0. The number of rotatable bonds is 6. The van der Waals surface area contributed by atoms with Crippen molar-refractivity contribution in [1.29, 1.82) is 0 Å². The minimum absolute atomic E-state index is 0.197. The predicted molar refractivity (Wildman–Crippen MR) is 80.5 cm³/mol. The first-order valence-electron chi connectivity index (χ1n) is 7.21. The van der Waals surface area contributed by atoms with Gasteiger partial charge in [-0.3, -0.25) is 4.90 Å². The number of allylic oxidation sites excluding steroid dienone is 1. The van der Waals surface area contributed by atoms with Crippen LogP contribution in [0.3, 0.4) is 0 Å². The van der Waals surface area contributed by atoms with Gasteiger partial charge in [-0.1, -0.05) is 6.08 Å². The molecule has 3 nitrogen and oxygen atoms in total. The van der Waals surface area contributed by atoms with E-state index >= 15 is 0 Å². The first-order valence-corrected chi connectivity index (χ1v) is 7.21. The summed E-state index contributed by atoms with van der Waals surface area (Å²) < 4.78 is 12.9. The van der Waals surface area contributed by atoms with Gasteiger partial charge in [-0.05, 0) is 37.1 Å². The number of hydrogen-bond donors (Lipinski definition) is 1. The number of aliphatic hydroxyl groups excluding tert-OH is 1. The van der Waals surface area contributed by atoms with Gasteiger partial charge in [0.15, 0.2) is 0 Å². The molecule has 4 heteroatoms. The van der Waals surface area contributed by atoms with Crippen LogP contribution in [0.15, 0.2) is 36.9 Å². The van der Waals surface area contributed by atoms with Crippen LogP contribution in [-0.2, 0) is 0 Å². The van der Waals surface area contributed by atoms with Crippen molar-refractivity contribution >= 4 is 5.69 Å². The van der Waals surface area contributed by atoms with E-state index in [-0.39, 0.29) is 11.9 Å². The highest BCUT2D eigenvalue weighted by atomic mass is 19.1. The van der Waals surface area contributed by atoms with Gasteiger partial charge in [0.1, 0.15) is 5.82 Å². The Morgan fingerprint density at radius 1 is 1.20 bits per heavy atom. The van der Waals surface area contributed by atoms with Gasteiger partial charge in [0.05, 0.1) is 6.10 Å². The van der Waals surface area contributed by atoms with Crippen molar-refractivity contribution in [3.63, 3.8) is 0 Å². The van der Waals surface area contributed by atoms with Crippen LogP contribution in [-0.4, -0.2) is 48.8 Å². The summed E-state index contributed by atoms with van der Waals surface area (Å²) in [5.74, 6) is -0.197. The molecular formula is C16H23FN2O. The second-order valence-corrected chi connectivity index (χ2v) is 5.28. The van der Waals surface area contributed by atoms with Gasteiger partial charge in [-0.2, -0.15) is 0 Å². The monoisotopic (exact) mass is 278 g/mol. The molecule has 0 amide bonds. The molecule has 1 fully saturated rings. The fourth-order valence-corrected chi connectivity index (χ4v) is 2.54. The molecule has 0 bridgehead atoms. The molecule has 0 aliphatic carbocycles. The maximum absolute atomic E-state index is 12.9. The zero-order chi connectivity index (χ0) is 14.4. The third-order valence-corrected chi connectivity index (χ3v) is 3.74. The van der Waals surface area contributed by atoms with Crippen LogP contribution in [0.1, 0.15) is 12.8 Å². The standard InChI is InChI=1S/C16H23FN2O/c1-2-3-4-16(20)13-18-9-11-19(12-10-18)15-7-5-14(17)6-8-15/h2,5-8,16,20H,1,3-4,9-13H2. The average Bonchev–Trinajstić information content (AvgIpc) is 2.47. The molecule has 1 unspecified atom stereocenters. The number of hydrogen-bond acceptors (Lipinski definition) is 3. The molecule has 0 aromatic heterocycles. The average molecular weight is 278 g/mol. The molecule has 1 atom stereocenters. The van der Waals surface area contributed by atoms with Gasteiger partial charge < -0.3 is 10.0 Å². The van der Waals surface area contributed by atoms with Gasteiger partial charge in [0.25, 0.3) is 0 Å². The van der Waals surface area contributed by atoms with Crippen LogP contribution in [0, 0.1) is 5.82 Å². The second kappa shape index (κ2) is 7.41. The van der Waals surface area contributed by atoms with Gasteiger partial charge in [0.2, 0.25) is 0 Å². The van der Waals surface area contributed by atoms with E-state index in [1.54, 1.807) is 0 Å². The second-order valence-electron chi connectivity index (χ2n) is 5.28. The maximum atomic E-state index is 12.9. The summed E-state index contributed by atoms with van der Waals surface area (Å²) in [6, 6.07) is 6.65. The number of β-amino-alcohol motifs (C(OH)–C–C–N with tert-alkyl or cyclic N) is 1. The first-order chi connectivity index (χ1) is 9.69. The third-order valence-electron chi connectivity index (χ3n) is 3.74. The molecule has 1 aliphatic heterocycles. The number of aliphatic hydroxyl groups is 1. The van der Waals surface area contributed by atoms with E-state index in [1.165, 1.54) is 12.1 Å². The zero-order valence-electron chi connectivity index (χ0n) is 11.8. The van der Waals surface area contributed by atoms with Crippen LogP contribution in [0.2, 0.25) is 0 Å². The lowest BCUT2D eigenvalue weighted by Gasteiger charge is -2.36. The molecule has 1 saturated heterocycles. The van der Waals surface area contributed by atoms with Crippen molar-refractivity contribution in [2.24, 2.45) is 0 Å². The lowest BCUT2D eigenvalue weighted by Crippen LogP contribution is -2.48. The van der Waals surface area contributed by atoms with Crippen molar-refractivity contribution in [1.82, 2.24) is 4.90 Å². The van der Waals surface area contributed by atoms with Crippen molar-refractivity contribution in [3.05, 3.63) is 42.7 Å². The summed E-state index contributed by atoms with van der Waals surface area (Å²) in [6.45, 7) is 8.10. The van der Waals surface area contributed by atoms with Gasteiger partial charge in [0, 0.05) is 38.4 Å². The number of anilines is 1. The molecule has 1 aliphatic rings. The third kappa shape index (κ3) is 4.32. The Kier molecular flexibility index (Phi) is 5.56. The number of nitrogens with zero attached hydrogens (tertiary/aromatic N) is 2. The zero-order valence-corrected chi connectivity index (χ0v) is 11.8. The van der Waals surface area contributed by atoms with Crippen LogP contribution in [0.25, 0.3) is 0 Å². The molecule has 1 aromatic carbocycles. The molecule has 20 heavy (non-hydrogen) atoms. The summed E-state index contributed by atoms with van der Waals surface area (Å²) >= 11 is 0. The minimum atomic E-state index is -0.273. The topological polar surface area (TPSA) is 26.7 Å². The number of piperazine rings is 1. The minimum Gasteiger partial charge on any atom is -0.392 e. The van der Waals surface area contributed by atoms with Crippen molar-refractivity contribution in [2.45, 2.75) is 18.9 Å². The lowest BCUT2D eigenvalue weighted by atomic mass is 10.1. The number of benzene rings is 1. The molecule has 1 N–H and O–H groups in total. The molecule has 110 valence electrons. The van der Waals surface area contributed by atoms with Gasteiger partial charge in [-0.25, -0.2) is 4.39 Å². The Morgan fingerprint density at radius 3 is 2.45 bits per heavy atom. The van der Waals surface area contributed by atoms with E-state index in [9.17, 15) is 9.50 Å². The Bertz CT molecular complexity index is 413.